The molecule has 0 atom stereocenters. The smallest absolute Gasteiger partial charge is 0.327 e. The number of fused-ring (bicyclic) bond motifs is 1. The Labute approximate surface area is 159 Å². The van der Waals surface area contributed by atoms with Crippen LogP contribution in [0.3, 0.4) is 0 Å². The molecule has 0 fully saturated rings. The molecule has 0 saturated carbocycles. The van der Waals surface area contributed by atoms with E-state index in [-0.39, 0.29) is 18.0 Å². The number of aromatic nitrogens is 3. The van der Waals surface area contributed by atoms with E-state index >= 15 is 0 Å². The van der Waals surface area contributed by atoms with Gasteiger partial charge in [0.05, 0.1) is 30.8 Å². The number of nitrogens with one attached hydrogen (secondary N) is 1. The summed E-state index contributed by atoms with van der Waals surface area (Å²) in [6.45, 7) is 0.227. The number of imidazole rings is 1. The van der Waals surface area contributed by atoms with Crippen LogP contribution < -0.4 is 10.4 Å². The molecule has 0 unspecified atom stereocenters. The number of hydrogen-bond acceptors (Lipinski definition) is 4. The quantitative estimate of drug-likeness (QED) is 0.593. The molecule has 0 bridgehead atoms. The first-order valence-corrected chi connectivity index (χ1v) is 8.51. The molecule has 4 aromatic rings. The minimum absolute atomic E-state index is 0.157. The van der Waals surface area contributed by atoms with Crippen molar-refractivity contribution in [2.75, 3.05) is 7.11 Å². The van der Waals surface area contributed by atoms with Crippen LogP contribution >= 0.6 is 0 Å². The van der Waals surface area contributed by atoms with Crippen LogP contribution in [-0.4, -0.2) is 21.6 Å². The Morgan fingerprint density at radius 1 is 1.21 bits per heavy atom. The second-order valence-electron chi connectivity index (χ2n) is 6.23. The van der Waals surface area contributed by atoms with Crippen molar-refractivity contribution in [3.8, 4) is 22.9 Å². The molecule has 0 spiro atoms. The van der Waals surface area contributed by atoms with Crippen LogP contribution in [0.1, 0.15) is 11.1 Å². The lowest BCUT2D eigenvalue weighted by atomic mass is 10.1. The van der Waals surface area contributed by atoms with Crippen LogP contribution in [-0.2, 0) is 6.54 Å². The standard InChI is InChI=1S/C21H15FN4O2/c1-28-19-7-6-13(8-17(19)22)16-9-18-20(24-11-16)25-21(27)26(18)12-15-5-3-2-4-14(15)10-23/h2-9,11H,12H2,1H3,(H,24,25,27). The molecule has 0 amide bonds. The lowest BCUT2D eigenvalue weighted by Crippen LogP contribution is -2.17. The second-order valence-corrected chi connectivity index (χ2v) is 6.23. The number of rotatable bonds is 4. The van der Waals surface area contributed by atoms with Gasteiger partial charge in [-0.3, -0.25) is 9.55 Å². The van der Waals surface area contributed by atoms with E-state index in [1.807, 2.05) is 6.07 Å². The molecule has 0 aliphatic heterocycles. The van der Waals surface area contributed by atoms with Crippen molar-refractivity contribution in [1.29, 1.82) is 5.26 Å². The van der Waals surface area contributed by atoms with Gasteiger partial charge in [0.1, 0.15) is 0 Å². The van der Waals surface area contributed by atoms with Crippen LogP contribution in [0.25, 0.3) is 22.3 Å². The average molecular weight is 374 g/mol. The van der Waals surface area contributed by atoms with Crippen molar-refractivity contribution < 1.29 is 9.13 Å². The van der Waals surface area contributed by atoms with Crippen LogP contribution in [0, 0.1) is 17.1 Å². The van der Waals surface area contributed by atoms with E-state index in [9.17, 15) is 14.4 Å². The zero-order chi connectivity index (χ0) is 19.7. The van der Waals surface area contributed by atoms with Crippen molar-refractivity contribution in [1.82, 2.24) is 14.5 Å². The first kappa shape index (κ1) is 17.5. The molecule has 0 aliphatic rings. The van der Waals surface area contributed by atoms with Crippen LogP contribution in [0.5, 0.6) is 5.75 Å². The van der Waals surface area contributed by atoms with Crippen molar-refractivity contribution in [2.24, 2.45) is 0 Å². The first-order valence-electron chi connectivity index (χ1n) is 8.51. The minimum atomic E-state index is -0.477. The van der Waals surface area contributed by atoms with E-state index in [0.29, 0.717) is 27.9 Å². The zero-order valence-electron chi connectivity index (χ0n) is 14.9. The fourth-order valence-corrected chi connectivity index (χ4v) is 3.13. The Morgan fingerprint density at radius 3 is 2.79 bits per heavy atom. The third kappa shape index (κ3) is 3.01. The number of pyridine rings is 1. The first-order chi connectivity index (χ1) is 13.6. The molecule has 0 radical (unpaired) electrons. The fourth-order valence-electron chi connectivity index (χ4n) is 3.13. The Balaban J connectivity index is 1.82. The van der Waals surface area contributed by atoms with Gasteiger partial charge in [0.15, 0.2) is 17.2 Å². The van der Waals surface area contributed by atoms with Crippen molar-refractivity contribution in [2.45, 2.75) is 6.54 Å². The minimum Gasteiger partial charge on any atom is -0.494 e. The molecule has 0 saturated heterocycles. The van der Waals surface area contributed by atoms with Gasteiger partial charge in [0.2, 0.25) is 0 Å². The van der Waals surface area contributed by atoms with Crippen molar-refractivity contribution >= 4 is 11.2 Å². The fraction of sp³-hybridized carbons (Fsp3) is 0.0952. The highest BCUT2D eigenvalue weighted by atomic mass is 19.1. The maximum atomic E-state index is 14.1. The van der Waals surface area contributed by atoms with Crippen LogP contribution in [0.2, 0.25) is 0 Å². The number of aromatic amines is 1. The molecule has 2 heterocycles. The van der Waals surface area contributed by atoms with E-state index in [1.165, 1.54) is 17.7 Å². The van der Waals surface area contributed by atoms with Gasteiger partial charge >= 0.3 is 5.69 Å². The van der Waals surface area contributed by atoms with Gasteiger partial charge in [-0.05, 0) is 35.4 Å². The van der Waals surface area contributed by atoms with Gasteiger partial charge in [0.25, 0.3) is 0 Å². The van der Waals surface area contributed by atoms with Gasteiger partial charge in [-0.1, -0.05) is 24.3 Å². The van der Waals surface area contributed by atoms with E-state index in [4.69, 9.17) is 4.74 Å². The number of methoxy groups -OCH3 is 1. The molecule has 1 N–H and O–H groups in total. The summed E-state index contributed by atoms with van der Waals surface area (Å²) >= 11 is 0. The SMILES string of the molecule is COc1ccc(-c2cnc3[nH]c(=O)n(Cc4ccccc4C#N)c3c2)cc1F. The summed E-state index contributed by atoms with van der Waals surface area (Å²) in [5.41, 5.74) is 3.19. The number of nitrogens with zero attached hydrogens (tertiary/aromatic N) is 3. The van der Waals surface area contributed by atoms with Crippen LogP contribution in [0.15, 0.2) is 59.5 Å². The summed E-state index contributed by atoms with van der Waals surface area (Å²) in [4.78, 5) is 19.4. The molecular weight excluding hydrogens is 359 g/mol. The Morgan fingerprint density at radius 2 is 2.04 bits per heavy atom. The highest BCUT2D eigenvalue weighted by molar-refractivity contribution is 5.78. The molecule has 28 heavy (non-hydrogen) atoms. The van der Waals surface area contributed by atoms with E-state index in [0.717, 1.165) is 5.56 Å². The van der Waals surface area contributed by atoms with E-state index in [2.05, 4.69) is 16.0 Å². The largest absolute Gasteiger partial charge is 0.494 e. The second kappa shape index (κ2) is 7.00. The molecular formula is C21H15FN4O2. The number of H-pyrrole nitrogens is 1. The summed E-state index contributed by atoms with van der Waals surface area (Å²) in [5, 5.41) is 9.29. The molecule has 0 aliphatic carbocycles. The van der Waals surface area contributed by atoms with Gasteiger partial charge in [0, 0.05) is 11.8 Å². The molecule has 6 nitrogen and oxygen atoms in total. The predicted octanol–water partition coefficient (Wildman–Crippen LogP) is 3.46. The van der Waals surface area contributed by atoms with E-state index in [1.54, 1.807) is 42.6 Å². The lowest BCUT2D eigenvalue weighted by molar-refractivity contribution is 0.386. The van der Waals surface area contributed by atoms with Gasteiger partial charge in [-0.25, -0.2) is 14.2 Å². The zero-order valence-corrected chi connectivity index (χ0v) is 14.9. The topological polar surface area (TPSA) is 83.7 Å². The number of hydrogen-bond donors (Lipinski definition) is 1. The summed E-state index contributed by atoms with van der Waals surface area (Å²) in [5.74, 6) is -0.320. The Kier molecular flexibility index (Phi) is 4.38. The van der Waals surface area contributed by atoms with Gasteiger partial charge < -0.3 is 4.74 Å². The number of nitriles is 1. The molecule has 2 aromatic heterocycles. The lowest BCUT2D eigenvalue weighted by Gasteiger charge is -2.08. The Hall–Kier alpha value is -3.92. The maximum Gasteiger partial charge on any atom is 0.327 e. The monoisotopic (exact) mass is 374 g/mol. The Bertz CT molecular complexity index is 1280. The highest BCUT2D eigenvalue weighted by Gasteiger charge is 2.13. The van der Waals surface area contributed by atoms with E-state index < -0.39 is 5.82 Å². The van der Waals surface area contributed by atoms with Gasteiger partial charge in [-0.15, -0.1) is 0 Å². The average Bonchev–Trinajstić information content (AvgIpc) is 3.03. The third-order valence-electron chi connectivity index (χ3n) is 4.58. The number of halogens is 1. The summed E-state index contributed by atoms with van der Waals surface area (Å²) in [7, 11) is 1.41. The molecule has 2 aromatic carbocycles. The molecule has 7 heteroatoms. The highest BCUT2D eigenvalue weighted by Crippen LogP contribution is 2.27. The summed E-state index contributed by atoms with van der Waals surface area (Å²) in [6.07, 6.45) is 1.58. The van der Waals surface area contributed by atoms with Crippen molar-refractivity contribution in [3.63, 3.8) is 0 Å². The third-order valence-corrected chi connectivity index (χ3v) is 4.58. The van der Waals surface area contributed by atoms with Crippen LogP contribution in [0.4, 0.5) is 4.39 Å². The number of benzene rings is 2. The summed E-state index contributed by atoms with van der Waals surface area (Å²) < 4.78 is 20.5. The number of ether oxygens (including phenoxy) is 1. The molecule has 138 valence electrons. The predicted molar refractivity (Wildman–Crippen MR) is 103 cm³/mol. The molecule has 4 rings (SSSR count). The normalized spacial score (nSPS) is 10.8. The summed E-state index contributed by atoms with van der Waals surface area (Å²) in [6, 6.07) is 15.7. The van der Waals surface area contributed by atoms with Gasteiger partial charge in [-0.2, -0.15) is 5.26 Å². The van der Waals surface area contributed by atoms with Crippen molar-refractivity contribution in [3.05, 3.63) is 82.2 Å². The maximum absolute atomic E-state index is 14.1.